The van der Waals surface area contributed by atoms with E-state index in [9.17, 15) is 13.2 Å². The highest BCUT2D eigenvalue weighted by atomic mass is 32.2. The fourth-order valence-corrected chi connectivity index (χ4v) is 4.33. The van der Waals surface area contributed by atoms with Crippen LogP contribution in [0.5, 0.6) is 0 Å². The standard InChI is InChI=1S/C17H26N2O3S/c1-16(2,3)19-23(21,22)14-9-7-8-13(12-14)18-15(20)17(4)10-5-6-11-17/h7-9,12,19H,5-6,10-11H2,1-4H3,(H,18,20). The largest absolute Gasteiger partial charge is 0.326 e. The molecule has 2 N–H and O–H groups in total. The van der Waals surface area contributed by atoms with Crippen LogP contribution >= 0.6 is 0 Å². The molecule has 2 rings (SSSR count). The van der Waals surface area contributed by atoms with Crippen LogP contribution in [-0.2, 0) is 14.8 Å². The van der Waals surface area contributed by atoms with Gasteiger partial charge in [0.15, 0.2) is 0 Å². The Balaban J connectivity index is 2.19. The van der Waals surface area contributed by atoms with Crippen LogP contribution in [-0.4, -0.2) is 19.9 Å². The highest BCUT2D eigenvalue weighted by Crippen LogP contribution is 2.38. The minimum absolute atomic E-state index is 0.0340. The molecule has 6 heteroatoms. The number of nitrogens with one attached hydrogen (secondary N) is 2. The van der Waals surface area contributed by atoms with Crippen LogP contribution in [0.2, 0.25) is 0 Å². The van der Waals surface area contributed by atoms with E-state index in [4.69, 9.17) is 0 Å². The average molecular weight is 338 g/mol. The van der Waals surface area contributed by atoms with Crippen LogP contribution in [0.1, 0.15) is 53.4 Å². The van der Waals surface area contributed by atoms with Gasteiger partial charge in [0.05, 0.1) is 4.90 Å². The molecule has 23 heavy (non-hydrogen) atoms. The van der Waals surface area contributed by atoms with Crippen LogP contribution in [0.15, 0.2) is 29.2 Å². The van der Waals surface area contributed by atoms with Gasteiger partial charge in [0.1, 0.15) is 0 Å². The van der Waals surface area contributed by atoms with Crippen molar-refractivity contribution < 1.29 is 13.2 Å². The van der Waals surface area contributed by atoms with Gasteiger partial charge in [0.25, 0.3) is 0 Å². The number of rotatable bonds is 4. The molecular weight excluding hydrogens is 312 g/mol. The lowest BCUT2D eigenvalue weighted by atomic mass is 9.88. The first-order valence-electron chi connectivity index (χ1n) is 7.97. The first-order chi connectivity index (χ1) is 10.5. The molecule has 0 saturated heterocycles. The summed E-state index contributed by atoms with van der Waals surface area (Å²) >= 11 is 0. The third kappa shape index (κ3) is 4.54. The summed E-state index contributed by atoms with van der Waals surface area (Å²) in [6.07, 6.45) is 3.88. The summed E-state index contributed by atoms with van der Waals surface area (Å²) in [7, 11) is -3.61. The lowest BCUT2D eigenvalue weighted by molar-refractivity contribution is -0.124. The third-order valence-electron chi connectivity index (χ3n) is 4.10. The average Bonchev–Trinajstić information content (AvgIpc) is 2.85. The van der Waals surface area contributed by atoms with E-state index in [1.54, 1.807) is 32.9 Å². The van der Waals surface area contributed by atoms with Crippen molar-refractivity contribution in [3.05, 3.63) is 24.3 Å². The Morgan fingerprint density at radius 1 is 1.17 bits per heavy atom. The molecule has 0 heterocycles. The number of sulfonamides is 1. The number of hydrogen-bond acceptors (Lipinski definition) is 3. The van der Waals surface area contributed by atoms with Gasteiger partial charge >= 0.3 is 0 Å². The molecule has 0 spiro atoms. The zero-order valence-electron chi connectivity index (χ0n) is 14.3. The van der Waals surface area contributed by atoms with Crippen LogP contribution in [0.3, 0.4) is 0 Å². The molecule has 1 saturated carbocycles. The van der Waals surface area contributed by atoms with Gasteiger partial charge in [-0.1, -0.05) is 25.8 Å². The minimum atomic E-state index is -3.61. The van der Waals surface area contributed by atoms with Crippen molar-refractivity contribution in [1.29, 1.82) is 0 Å². The number of hydrogen-bond donors (Lipinski definition) is 2. The van der Waals surface area contributed by atoms with Crippen molar-refractivity contribution in [2.75, 3.05) is 5.32 Å². The van der Waals surface area contributed by atoms with Crippen molar-refractivity contribution in [3.63, 3.8) is 0 Å². The van der Waals surface area contributed by atoms with E-state index >= 15 is 0 Å². The lowest BCUT2D eigenvalue weighted by Crippen LogP contribution is -2.40. The van der Waals surface area contributed by atoms with Gasteiger partial charge in [-0.25, -0.2) is 13.1 Å². The normalized spacial score (nSPS) is 17.9. The predicted molar refractivity (Wildman–Crippen MR) is 91.7 cm³/mol. The first kappa shape index (κ1) is 17.9. The molecule has 0 unspecified atom stereocenters. The molecule has 0 atom stereocenters. The molecule has 0 aromatic heterocycles. The Morgan fingerprint density at radius 2 is 1.78 bits per heavy atom. The summed E-state index contributed by atoms with van der Waals surface area (Å²) in [5.41, 5.74) is -0.395. The second-order valence-corrected chi connectivity index (χ2v) is 9.29. The maximum Gasteiger partial charge on any atom is 0.241 e. The topological polar surface area (TPSA) is 75.3 Å². The van der Waals surface area contributed by atoms with Crippen LogP contribution in [0.4, 0.5) is 5.69 Å². The first-order valence-corrected chi connectivity index (χ1v) is 9.46. The van der Waals surface area contributed by atoms with Gasteiger partial charge in [-0.15, -0.1) is 0 Å². The Hall–Kier alpha value is -1.40. The molecule has 1 aliphatic carbocycles. The minimum Gasteiger partial charge on any atom is -0.326 e. The Kier molecular flexibility index (Phi) is 4.87. The Bertz CT molecular complexity index is 684. The molecule has 5 nitrogen and oxygen atoms in total. The zero-order chi connectivity index (χ0) is 17.3. The van der Waals surface area contributed by atoms with E-state index in [0.717, 1.165) is 25.7 Å². The highest BCUT2D eigenvalue weighted by molar-refractivity contribution is 7.89. The Morgan fingerprint density at radius 3 is 2.35 bits per heavy atom. The SMILES string of the molecule is CC(C)(C)NS(=O)(=O)c1cccc(NC(=O)C2(C)CCCC2)c1. The fraction of sp³-hybridized carbons (Fsp3) is 0.588. The van der Waals surface area contributed by atoms with E-state index in [1.807, 2.05) is 6.92 Å². The maximum atomic E-state index is 12.5. The second kappa shape index (κ2) is 6.24. The van der Waals surface area contributed by atoms with E-state index in [1.165, 1.54) is 12.1 Å². The zero-order valence-corrected chi connectivity index (χ0v) is 15.1. The number of benzene rings is 1. The highest BCUT2D eigenvalue weighted by Gasteiger charge is 2.36. The number of carbonyl (C=O) groups is 1. The van der Waals surface area contributed by atoms with Gasteiger partial charge in [0, 0.05) is 16.6 Å². The third-order valence-corrected chi connectivity index (χ3v) is 5.85. The van der Waals surface area contributed by atoms with Gasteiger partial charge in [-0.2, -0.15) is 0 Å². The van der Waals surface area contributed by atoms with Gasteiger partial charge in [0.2, 0.25) is 15.9 Å². The summed E-state index contributed by atoms with van der Waals surface area (Å²) in [6.45, 7) is 7.34. The molecule has 1 amide bonds. The van der Waals surface area contributed by atoms with Gasteiger partial charge in [-0.3, -0.25) is 4.79 Å². The number of anilines is 1. The number of amides is 1. The summed E-state index contributed by atoms with van der Waals surface area (Å²) < 4.78 is 27.4. The van der Waals surface area contributed by atoms with Crippen LogP contribution in [0.25, 0.3) is 0 Å². The molecule has 128 valence electrons. The lowest BCUT2D eigenvalue weighted by Gasteiger charge is -2.23. The van der Waals surface area contributed by atoms with Crippen molar-refractivity contribution in [2.24, 2.45) is 5.41 Å². The summed E-state index contributed by atoms with van der Waals surface area (Å²) in [4.78, 5) is 12.6. The van der Waals surface area contributed by atoms with Gasteiger partial charge in [-0.05, 0) is 51.8 Å². The molecular formula is C17H26N2O3S. The molecule has 1 aromatic rings. The monoisotopic (exact) mass is 338 g/mol. The quantitative estimate of drug-likeness (QED) is 0.884. The Labute approximate surface area is 138 Å². The smallest absolute Gasteiger partial charge is 0.241 e. The molecule has 1 aromatic carbocycles. The summed E-state index contributed by atoms with van der Waals surface area (Å²) in [6, 6.07) is 6.39. The predicted octanol–water partition coefficient (Wildman–Crippen LogP) is 3.28. The molecule has 1 aliphatic rings. The molecule has 1 fully saturated rings. The van der Waals surface area contributed by atoms with E-state index < -0.39 is 15.6 Å². The van der Waals surface area contributed by atoms with Gasteiger partial charge < -0.3 is 5.32 Å². The molecule has 0 aliphatic heterocycles. The number of carbonyl (C=O) groups excluding carboxylic acids is 1. The van der Waals surface area contributed by atoms with E-state index in [0.29, 0.717) is 5.69 Å². The van der Waals surface area contributed by atoms with Crippen LogP contribution < -0.4 is 10.0 Å². The molecule has 0 radical (unpaired) electrons. The van der Waals surface area contributed by atoms with Crippen molar-refractivity contribution >= 4 is 21.6 Å². The van der Waals surface area contributed by atoms with E-state index in [-0.39, 0.29) is 16.2 Å². The molecule has 0 bridgehead atoms. The summed E-state index contributed by atoms with van der Waals surface area (Å²) in [5.74, 6) is -0.0340. The van der Waals surface area contributed by atoms with Crippen molar-refractivity contribution in [1.82, 2.24) is 4.72 Å². The van der Waals surface area contributed by atoms with Crippen molar-refractivity contribution in [2.45, 2.75) is 63.8 Å². The van der Waals surface area contributed by atoms with Crippen LogP contribution in [0, 0.1) is 5.41 Å². The fourth-order valence-electron chi connectivity index (χ4n) is 2.87. The summed E-state index contributed by atoms with van der Waals surface area (Å²) in [5, 5.41) is 2.87. The van der Waals surface area contributed by atoms with E-state index in [2.05, 4.69) is 10.0 Å². The second-order valence-electron chi connectivity index (χ2n) is 7.61. The maximum absolute atomic E-state index is 12.5. The van der Waals surface area contributed by atoms with Crippen molar-refractivity contribution in [3.8, 4) is 0 Å².